The van der Waals surface area contributed by atoms with Crippen molar-refractivity contribution in [3.05, 3.63) is 88.6 Å². The highest BCUT2D eigenvalue weighted by Gasteiger charge is 2.21. The van der Waals surface area contributed by atoms with Gasteiger partial charge in [0.15, 0.2) is 5.69 Å². The molecule has 0 aliphatic carbocycles. The van der Waals surface area contributed by atoms with Gasteiger partial charge < -0.3 is 0 Å². The van der Waals surface area contributed by atoms with E-state index >= 15 is 0 Å². The Balaban J connectivity index is 1.91. The zero-order valence-electron chi connectivity index (χ0n) is 20.0. The van der Waals surface area contributed by atoms with Crippen LogP contribution >= 0.6 is 0 Å². The van der Waals surface area contributed by atoms with E-state index in [0.717, 1.165) is 6.42 Å². The van der Waals surface area contributed by atoms with E-state index in [9.17, 15) is 0 Å². The van der Waals surface area contributed by atoms with Crippen LogP contribution in [0.1, 0.15) is 54.1 Å². The van der Waals surface area contributed by atoms with Crippen molar-refractivity contribution in [3.63, 3.8) is 0 Å². The summed E-state index contributed by atoms with van der Waals surface area (Å²) < 4.78 is 2.34. The lowest BCUT2D eigenvalue weighted by Gasteiger charge is -2.15. The summed E-state index contributed by atoms with van der Waals surface area (Å²) in [4.78, 5) is 0. The quantitative estimate of drug-likeness (QED) is 0.304. The van der Waals surface area contributed by atoms with E-state index in [4.69, 9.17) is 0 Å². The van der Waals surface area contributed by atoms with Gasteiger partial charge in [0.2, 0.25) is 5.69 Å². The number of benzene rings is 3. The molecule has 0 fully saturated rings. The molecule has 0 radical (unpaired) electrons. The zero-order valence-corrected chi connectivity index (χ0v) is 20.0. The molecule has 1 unspecified atom stereocenters. The Kier molecular flexibility index (Phi) is 5.71. The highest BCUT2D eigenvalue weighted by Crippen LogP contribution is 2.34. The Labute approximate surface area is 187 Å². The van der Waals surface area contributed by atoms with Crippen molar-refractivity contribution in [1.82, 2.24) is 0 Å². The van der Waals surface area contributed by atoms with Crippen LogP contribution < -0.4 is 4.57 Å². The average molecular weight is 409 g/mol. The Morgan fingerprint density at radius 2 is 1.52 bits per heavy atom. The first kappa shape index (κ1) is 21.3. The molecule has 0 saturated carbocycles. The van der Waals surface area contributed by atoms with E-state index in [1.54, 1.807) is 0 Å². The van der Waals surface area contributed by atoms with Crippen LogP contribution in [0.25, 0.3) is 33.2 Å². The second kappa shape index (κ2) is 8.30. The van der Waals surface area contributed by atoms with E-state index in [-0.39, 0.29) is 0 Å². The molecule has 4 rings (SSSR count). The Hall–Kier alpha value is -2.93. The zero-order chi connectivity index (χ0) is 22.3. The molecule has 0 aliphatic heterocycles. The van der Waals surface area contributed by atoms with E-state index < -0.39 is 0 Å². The molecule has 0 bridgehead atoms. The molecule has 0 N–H and O–H groups in total. The number of hydrogen-bond acceptors (Lipinski definition) is 0. The maximum absolute atomic E-state index is 2.39. The van der Waals surface area contributed by atoms with Crippen molar-refractivity contribution >= 4 is 10.8 Å². The molecule has 31 heavy (non-hydrogen) atoms. The maximum atomic E-state index is 2.39. The molecule has 0 amide bonds. The molecule has 0 aliphatic rings. The molecule has 1 atom stereocenters. The molecule has 0 saturated heterocycles. The van der Waals surface area contributed by atoms with Crippen LogP contribution in [-0.2, 0) is 7.05 Å². The monoisotopic (exact) mass is 408 g/mol. The summed E-state index contributed by atoms with van der Waals surface area (Å²) in [5.41, 5.74) is 11.9. The van der Waals surface area contributed by atoms with Crippen molar-refractivity contribution < 1.29 is 4.57 Å². The van der Waals surface area contributed by atoms with Gasteiger partial charge >= 0.3 is 0 Å². The molecule has 4 aromatic rings. The SMILES string of the molecule is CCC(C)c1ccc2c(-c3ccc(-c4c(C)cccc4C)cc3C)[n+](C)c(C)cc2c1. The minimum atomic E-state index is 0.584. The van der Waals surface area contributed by atoms with Crippen molar-refractivity contribution in [2.75, 3.05) is 0 Å². The largest absolute Gasteiger partial charge is 0.220 e. The second-order valence-electron chi connectivity index (χ2n) is 9.15. The van der Waals surface area contributed by atoms with Crippen LogP contribution in [0.5, 0.6) is 0 Å². The minimum absolute atomic E-state index is 0.584. The van der Waals surface area contributed by atoms with Gasteiger partial charge in [0.25, 0.3) is 0 Å². The van der Waals surface area contributed by atoms with E-state index in [1.807, 2.05) is 0 Å². The number of rotatable bonds is 4. The van der Waals surface area contributed by atoms with Gasteiger partial charge in [0.1, 0.15) is 7.05 Å². The number of fused-ring (bicyclic) bond motifs is 1. The van der Waals surface area contributed by atoms with Crippen LogP contribution in [-0.4, -0.2) is 0 Å². The number of aromatic nitrogens is 1. The normalized spacial score (nSPS) is 12.4. The van der Waals surface area contributed by atoms with Crippen LogP contribution in [0.4, 0.5) is 0 Å². The van der Waals surface area contributed by atoms with E-state index in [1.165, 1.54) is 61.1 Å². The van der Waals surface area contributed by atoms with Crippen LogP contribution in [0.3, 0.4) is 0 Å². The fraction of sp³-hybridized carbons (Fsp3) is 0.300. The summed E-state index contributed by atoms with van der Waals surface area (Å²) >= 11 is 0. The van der Waals surface area contributed by atoms with Crippen LogP contribution in [0.15, 0.2) is 60.7 Å². The molecule has 0 spiro atoms. The Bertz CT molecular complexity index is 1260. The smallest absolute Gasteiger partial charge is 0.198 e. The summed E-state index contributed by atoms with van der Waals surface area (Å²) in [7, 11) is 2.19. The van der Waals surface area contributed by atoms with Gasteiger partial charge in [-0.05, 0) is 84.0 Å². The Morgan fingerprint density at radius 3 is 2.16 bits per heavy atom. The first-order valence-corrected chi connectivity index (χ1v) is 11.4. The molecule has 3 aromatic carbocycles. The van der Waals surface area contributed by atoms with Crippen LogP contribution in [0.2, 0.25) is 0 Å². The van der Waals surface area contributed by atoms with Crippen LogP contribution in [0, 0.1) is 27.7 Å². The molecule has 1 heterocycles. The third-order valence-corrected chi connectivity index (χ3v) is 6.99. The topological polar surface area (TPSA) is 3.88 Å². The number of hydrogen-bond donors (Lipinski definition) is 0. The first-order chi connectivity index (χ1) is 14.8. The van der Waals surface area contributed by atoms with Gasteiger partial charge in [-0.1, -0.05) is 56.3 Å². The third kappa shape index (κ3) is 3.78. The third-order valence-electron chi connectivity index (χ3n) is 6.99. The lowest BCUT2D eigenvalue weighted by atomic mass is 9.90. The summed E-state index contributed by atoms with van der Waals surface area (Å²) in [5.74, 6) is 0.584. The Morgan fingerprint density at radius 1 is 0.806 bits per heavy atom. The molecule has 158 valence electrons. The summed E-state index contributed by atoms with van der Waals surface area (Å²) in [5, 5.41) is 2.66. The van der Waals surface area contributed by atoms with Gasteiger partial charge in [-0.15, -0.1) is 0 Å². The minimum Gasteiger partial charge on any atom is -0.198 e. The molecule has 1 nitrogen and oxygen atoms in total. The van der Waals surface area contributed by atoms with Gasteiger partial charge in [0, 0.05) is 18.6 Å². The van der Waals surface area contributed by atoms with Gasteiger partial charge in [-0.25, -0.2) is 0 Å². The summed E-state index contributed by atoms with van der Waals surface area (Å²) in [6.45, 7) is 13.4. The van der Waals surface area contributed by atoms with Crippen molar-refractivity contribution in [2.45, 2.75) is 53.9 Å². The molecule has 1 heteroatoms. The highest BCUT2D eigenvalue weighted by atomic mass is 14.9. The van der Waals surface area contributed by atoms with Crippen molar-refractivity contribution in [3.8, 4) is 22.4 Å². The first-order valence-electron chi connectivity index (χ1n) is 11.4. The van der Waals surface area contributed by atoms with E-state index in [2.05, 4.69) is 114 Å². The summed E-state index contributed by atoms with van der Waals surface area (Å²) in [6.07, 6.45) is 1.16. The average Bonchev–Trinajstić information content (AvgIpc) is 2.74. The predicted molar refractivity (Wildman–Crippen MR) is 134 cm³/mol. The molecular weight excluding hydrogens is 374 g/mol. The van der Waals surface area contributed by atoms with Gasteiger partial charge in [-0.2, -0.15) is 4.57 Å². The number of nitrogens with zero attached hydrogens (tertiary/aromatic N) is 1. The van der Waals surface area contributed by atoms with Gasteiger partial charge in [-0.3, -0.25) is 0 Å². The molecular formula is C30H34N+. The lowest BCUT2D eigenvalue weighted by molar-refractivity contribution is -0.665. The summed E-state index contributed by atoms with van der Waals surface area (Å²) in [6, 6.07) is 22.9. The van der Waals surface area contributed by atoms with Crippen molar-refractivity contribution in [1.29, 1.82) is 0 Å². The maximum Gasteiger partial charge on any atom is 0.220 e. The predicted octanol–water partition coefficient (Wildman–Crippen LogP) is 7.75. The van der Waals surface area contributed by atoms with Crippen molar-refractivity contribution in [2.24, 2.45) is 7.05 Å². The van der Waals surface area contributed by atoms with E-state index in [0.29, 0.717) is 5.92 Å². The fourth-order valence-electron chi connectivity index (χ4n) is 4.82. The highest BCUT2D eigenvalue weighted by molar-refractivity contribution is 5.94. The second-order valence-corrected chi connectivity index (χ2v) is 9.15. The molecule has 1 aromatic heterocycles. The van der Waals surface area contributed by atoms with Gasteiger partial charge in [0.05, 0.1) is 5.39 Å². The number of aryl methyl sites for hydroxylation is 4. The fourth-order valence-corrected chi connectivity index (χ4v) is 4.82. The lowest BCUT2D eigenvalue weighted by Crippen LogP contribution is -2.35. The number of pyridine rings is 1. The standard InChI is InChI=1S/C30H34N/c1-8-19(2)24-12-15-28-26(18-24)17-23(6)31(7)30(28)27-14-13-25(16-22(27)5)29-20(3)10-9-11-21(29)4/h9-19H,8H2,1-7H3/q+1.